The van der Waals surface area contributed by atoms with Crippen LogP contribution in [-0.4, -0.2) is 22.6 Å². The zero-order chi connectivity index (χ0) is 13.0. The molecule has 0 aliphatic heterocycles. The predicted molar refractivity (Wildman–Crippen MR) is 76.2 cm³/mol. The summed E-state index contributed by atoms with van der Waals surface area (Å²) in [4.78, 5) is 8.55. The molecule has 1 aliphatic carbocycles. The second-order valence-corrected chi connectivity index (χ2v) is 5.31. The SMILES string of the molecule is CCNc1ncc(Cl)c(NC(C)C2CCCC2)n1. The molecule has 18 heavy (non-hydrogen) atoms. The fourth-order valence-electron chi connectivity index (χ4n) is 2.50. The average Bonchev–Trinajstić information content (AvgIpc) is 2.87. The topological polar surface area (TPSA) is 49.8 Å². The first-order valence-corrected chi connectivity index (χ1v) is 7.11. The lowest BCUT2D eigenvalue weighted by Crippen LogP contribution is -2.24. The molecule has 1 unspecified atom stereocenters. The number of hydrogen-bond acceptors (Lipinski definition) is 4. The number of nitrogens with zero attached hydrogens (tertiary/aromatic N) is 2. The van der Waals surface area contributed by atoms with Crippen molar-refractivity contribution < 1.29 is 0 Å². The molecule has 5 heteroatoms. The first kappa shape index (κ1) is 13.4. The van der Waals surface area contributed by atoms with E-state index in [-0.39, 0.29) is 0 Å². The van der Waals surface area contributed by atoms with Gasteiger partial charge >= 0.3 is 0 Å². The summed E-state index contributed by atoms with van der Waals surface area (Å²) in [5.41, 5.74) is 0. The van der Waals surface area contributed by atoms with Gasteiger partial charge in [0.1, 0.15) is 5.02 Å². The van der Waals surface area contributed by atoms with Crippen molar-refractivity contribution in [2.45, 2.75) is 45.6 Å². The van der Waals surface area contributed by atoms with E-state index < -0.39 is 0 Å². The first-order valence-electron chi connectivity index (χ1n) is 6.73. The Kier molecular flexibility index (Phi) is 4.64. The normalized spacial score (nSPS) is 17.7. The second-order valence-electron chi connectivity index (χ2n) is 4.90. The number of nitrogens with one attached hydrogen (secondary N) is 2. The molecule has 1 saturated carbocycles. The fraction of sp³-hybridized carbons (Fsp3) is 0.692. The summed E-state index contributed by atoms with van der Waals surface area (Å²) in [6.07, 6.45) is 6.94. The molecule has 0 aromatic carbocycles. The van der Waals surface area contributed by atoms with Crippen molar-refractivity contribution in [2.24, 2.45) is 5.92 Å². The molecule has 2 N–H and O–H groups in total. The molecule has 100 valence electrons. The van der Waals surface area contributed by atoms with Gasteiger partial charge in [-0.15, -0.1) is 0 Å². The van der Waals surface area contributed by atoms with E-state index >= 15 is 0 Å². The van der Waals surface area contributed by atoms with Crippen molar-refractivity contribution in [1.82, 2.24) is 9.97 Å². The van der Waals surface area contributed by atoms with Gasteiger partial charge in [0.15, 0.2) is 5.82 Å². The Morgan fingerprint density at radius 1 is 1.44 bits per heavy atom. The Morgan fingerprint density at radius 3 is 2.83 bits per heavy atom. The molecule has 1 aliphatic rings. The zero-order valence-electron chi connectivity index (χ0n) is 11.0. The van der Waals surface area contributed by atoms with Crippen LogP contribution in [0.15, 0.2) is 6.20 Å². The van der Waals surface area contributed by atoms with E-state index in [1.807, 2.05) is 6.92 Å². The number of aromatic nitrogens is 2. The Labute approximate surface area is 114 Å². The third-order valence-corrected chi connectivity index (χ3v) is 3.83. The molecule has 2 rings (SSSR count). The first-order chi connectivity index (χ1) is 8.70. The van der Waals surface area contributed by atoms with Crippen LogP contribution in [0.2, 0.25) is 5.02 Å². The van der Waals surface area contributed by atoms with Gasteiger partial charge in [-0.25, -0.2) is 4.98 Å². The van der Waals surface area contributed by atoms with Gasteiger partial charge in [-0.05, 0) is 32.6 Å². The number of hydrogen-bond donors (Lipinski definition) is 2. The monoisotopic (exact) mass is 268 g/mol. The molecule has 1 aromatic rings. The van der Waals surface area contributed by atoms with Gasteiger partial charge in [0.05, 0.1) is 6.20 Å². The standard InChI is InChI=1S/C13H21ClN4/c1-3-15-13-16-8-11(14)12(18-13)17-9(2)10-6-4-5-7-10/h8-10H,3-7H2,1-2H3,(H2,15,16,17,18). The van der Waals surface area contributed by atoms with E-state index in [9.17, 15) is 0 Å². The van der Waals surface area contributed by atoms with E-state index in [0.29, 0.717) is 17.0 Å². The second kappa shape index (κ2) is 6.23. The Hall–Kier alpha value is -1.03. The van der Waals surface area contributed by atoms with Gasteiger partial charge in [-0.3, -0.25) is 0 Å². The lowest BCUT2D eigenvalue weighted by atomic mass is 10.00. The maximum absolute atomic E-state index is 6.13. The van der Waals surface area contributed by atoms with E-state index in [1.54, 1.807) is 6.20 Å². The Morgan fingerprint density at radius 2 is 2.17 bits per heavy atom. The van der Waals surface area contributed by atoms with Crippen LogP contribution in [0.1, 0.15) is 39.5 Å². The molecular formula is C13H21ClN4. The van der Waals surface area contributed by atoms with E-state index in [4.69, 9.17) is 11.6 Å². The van der Waals surface area contributed by atoms with E-state index in [2.05, 4.69) is 27.5 Å². The summed E-state index contributed by atoms with van der Waals surface area (Å²) in [5, 5.41) is 7.11. The number of rotatable bonds is 5. The van der Waals surface area contributed by atoms with Gasteiger partial charge < -0.3 is 10.6 Å². The third-order valence-electron chi connectivity index (χ3n) is 3.55. The molecule has 1 fully saturated rings. The van der Waals surface area contributed by atoms with Gasteiger partial charge in [0.25, 0.3) is 0 Å². The van der Waals surface area contributed by atoms with Crippen molar-refractivity contribution in [2.75, 3.05) is 17.2 Å². The number of halogens is 1. The molecule has 1 atom stereocenters. The van der Waals surface area contributed by atoms with Gasteiger partial charge in [-0.1, -0.05) is 24.4 Å². The van der Waals surface area contributed by atoms with Crippen molar-refractivity contribution >= 4 is 23.4 Å². The van der Waals surface area contributed by atoms with E-state index in [1.165, 1.54) is 25.7 Å². The minimum atomic E-state index is 0.411. The summed E-state index contributed by atoms with van der Waals surface area (Å²) >= 11 is 6.13. The zero-order valence-corrected chi connectivity index (χ0v) is 11.8. The maximum atomic E-state index is 6.13. The summed E-state index contributed by atoms with van der Waals surface area (Å²) in [6, 6.07) is 0.411. The molecular weight excluding hydrogens is 248 g/mol. The van der Waals surface area contributed by atoms with Crippen molar-refractivity contribution in [3.8, 4) is 0 Å². The summed E-state index contributed by atoms with van der Waals surface area (Å²) in [6.45, 7) is 5.03. The van der Waals surface area contributed by atoms with E-state index in [0.717, 1.165) is 18.3 Å². The molecule has 0 bridgehead atoms. The van der Waals surface area contributed by atoms with Crippen LogP contribution in [-0.2, 0) is 0 Å². The van der Waals surface area contributed by atoms with Gasteiger partial charge in [0, 0.05) is 12.6 Å². The highest BCUT2D eigenvalue weighted by Crippen LogP contribution is 2.30. The largest absolute Gasteiger partial charge is 0.366 e. The summed E-state index contributed by atoms with van der Waals surface area (Å²) in [5.74, 6) is 2.10. The summed E-state index contributed by atoms with van der Waals surface area (Å²) in [7, 11) is 0. The molecule has 4 nitrogen and oxygen atoms in total. The van der Waals surface area contributed by atoms with Crippen LogP contribution >= 0.6 is 11.6 Å². The molecule has 0 amide bonds. The van der Waals surface area contributed by atoms with Gasteiger partial charge in [0.2, 0.25) is 5.95 Å². The third kappa shape index (κ3) is 3.25. The van der Waals surface area contributed by atoms with Crippen LogP contribution in [0.5, 0.6) is 0 Å². The van der Waals surface area contributed by atoms with Crippen LogP contribution in [0, 0.1) is 5.92 Å². The smallest absolute Gasteiger partial charge is 0.224 e. The van der Waals surface area contributed by atoms with Crippen LogP contribution < -0.4 is 10.6 Å². The highest BCUT2D eigenvalue weighted by Gasteiger charge is 2.22. The highest BCUT2D eigenvalue weighted by atomic mass is 35.5. The quantitative estimate of drug-likeness (QED) is 0.857. The molecule has 0 saturated heterocycles. The van der Waals surface area contributed by atoms with Crippen molar-refractivity contribution in [1.29, 1.82) is 0 Å². The molecule has 0 spiro atoms. The summed E-state index contributed by atoms with van der Waals surface area (Å²) < 4.78 is 0. The van der Waals surface area contributed by atoms with Gasteiger partial charge in [-0.2, -0.15) is 4.98 Å². The minimum absolute atomic E-state index is 0.411. The number of anilines is 2. The minimum Gasteiger partial charge on any atom is -0.366 e. The Bertz CT molecular complexity index is 391. The lowest BCUT2D eigenvalue weighted by molar-refractivity contribution is 0.481. The van der Waals surface area contributed by atoms with Crippen LogP contribution in [0.4, 0.5) is 11.8 Å². The highest BCUT2D eigenvalue weighted by molar-refractivity contribution is 6.32. The lowest BCUT2D eigenvalue weighted by Gasteiger charge is -2.21. The molecule has 0 radical (unpaired) electrons. The van der Waals surface area contributed by atoms with Crippen LogP contribution in [0.25, 0.3) is 0 Å². The van der Waals surface area contributed by atoms with Crippen LogP contribution in [0.3, 0.4) is 0 Å². The molecule has 1 heterocycles. The fourth-order valence-corrected chi connectivity index (χ4v) is 2.65. The molecule has 1 aromatic heterocycles. The van der Waals surface area contributed by atoms with Crippen molar-refractivity contribution in [3.63, 3.8) is 0 Å². The predicted octanol–water partition coefficient (Wildman–Crippen LogP) is 3.55. The Balaban J connectivity index is 2.04. The maximum Gasteiger partial charge on any atom is 0.224 e. The average molecular weight is 269 g/mol. The van der Waals surface area contributed by atoms with Crippen molar-refractivity contribution in [3.05, 3.63) is 11.2 Å².